The molecule has 1 saturated heterocycles. The number of aryl methyl sites for hydroxylation is 2. The fourth-order valence-electron chi connectivity index (χ4n) is 3.38. The number of sulfonamides is 1. The van der Waals surface area contributed by atoms with Crippen molar-refractivity contribution in [2.75, 3.05) is 50.0 Å². The van der Waals surface area contributed by atoms with Crippen LogP contribution in [-0.2, 0) is 14.8 Å². The number of nitrogens with zero attached hydrogens (tertiary/aromatic N) is 3. The van der Waals surface area contributed by atoms with Gasteiger partial charge in [-0.2, -0.15) is 0 Å². The largest absolute Gasteiger partial charge is 0.354 e. The third kappa shape index (κ3) is 5.78. The van der Waals surface area contributed by atoms with Crippen LogP contribution in [0.4, 0.5) is 11.5 Å². The fourth-order valence-corrected chi connectivity index (χ4v) is 4.64. The predicted molar refractivity (Wildman–Crippen MR) is 118 cm³/mol. The van der Waals surface area contributed by atoms with E-state index in [1.807, 2.05) is 25.1 Å². The molecule has 1 aromatic carbocycles. The van der Waals surface area contributed by atoms with Crippen molar-refractivity contribution in [1.29, 1.82) is 0 Å². The lowest BCUT2D eigenvalue weighted by atomic mass is 10.2. The molecule has 1 fully saturated rings. The third-order valence-corrected chi connectivity index (χ3v) is 6.74. The highest BCUT2D eigenvalue weighted by molar-refractivity contribution is 7.89. The number of anilines is 2. The molecule has 0 saturated carbocycles. The van der Waals surface area contributed by atoms with Crippen molar-refractivity contribution in [3.8, 4) is 0 Å². The summed E-state index contributed by atoms with van der Waals surface area (Å²) in [5.41, 5.74) is 2.27. The van der Waals surface area contributed by atoms with Crippen LogP contribution in [0, 0.1) is 13.8 Å². The summed E-state index contributed by atoms with van der Waals surface area (Å²) in [6.45, 7) is 7.54. The second-order valence-electron chi connectivity index (χ2n) is 7.66. The van der Waals surface area contributed by atoms with E-state index < -0.39 is 10.0 Å². The van der Waals surface area contributed by atoms with E-state index >= 15 is 0 Å². The van der Waals surface area contributed by atoms with E-state index in [0.717, 1.165) is 37.6 Å². The van der Waals surface area contributed by atoms with Crippen molar-refractivity contribution in [2.24, 2.45) is 0 Å². The molecular weight excluding hydrogens is 402 g/mol. The molecule has 2 aromatic rings. The molecule has 8 nitrogen and oxygen atoms in total. The lowest BCUT2D eigenvalue weighted by molar-refractivity contribution is -0.116. The molecule has 0 unspecified atom stereocenters. The van der Waals surface area contributed by atoms with E-state index in [9.17, 15) is 13.2 Å². The van der Waals surface area contributed by atoms with Crippen LogP contribution in [0.2, 0.25) is 0 Å². The van der Waals surface area contributed by atoms with Gasteiger partial charge < -0.3 is 15.1 Å². The zero-order valence-corrected chi connectivity index (χ0v) is 18.5. The molecule has 1 aliphatic heterocycles. The number of aromatic nitrogens is 1. The zero-order chi connectivity index (χ0) is 21.7. The average Bonchev–Trinajstić information content (AvgIpc) is 2.69. The first kappa shape index (κ1) is 22.2. The molecule has 1 amide bonds. The highest BCUT2D eigenvalue weighted by Gasteiger charge is 2.17. The molecule has 0 spiro atoms. The maximum atomic E-state index is 12.5. The van der Waals surface area contributed by atoms with Gasteiger partial charge in [-0.05, 0) is 44.7 Å². The van der Waals surface area contributed by atoms with E-state index in [1.54, 1.807) is 25.3 Å². The Labute approximate surface area is 178 Å². The molecular formula is C21H29N5O3S. The summed E-state index contributed by atoms with van der Waals surface area (Å²) in [5, 5.41) is 2.76. The van der Waals surface area contributed by atoms with Crippen molar-refractivity contribution in [3.05, 3.63) is 47.7 Å². The SMILES string of the molecule is Cc1ccc(S(=O)(=O)NCCC(=O)Nc2ccc(N3CCN(C)CC3)nc2)c(C)c1. The van der Waals surface area contributed by atoms with Gasteiger partial charge in [0.2, 0.25) is 15.9 Å². The maximum absolute atomic E-state index is 12.5. The Hall–Kier alpha value is -2.49. The van der Waals surface area contributed by atoms with Crippen LogP contribution >= 0.6 is 0 Å². The number of pyridine rings is 1. The van der Waals surface area contributed by atoms with Crippen molar-refractivity contribution in [1.82, 2.24) is 14.6 Å². The zero-order valence-electron chi connectivity index (χ0n) is 17.7. The van der Waals surface area contributed by atoms with Gasteiger partial charge in [-0.15, -0.1) is 0 Å². The van der Waals surface area contributed by atoms with Gasteiger partial charge >= 0.3 is 0 Å². The Balaban J connectivity index is 1.48. The van der Waals surface area contributed by atoms with Gasteiger partial charge in [-0.25, -0.2) is 18.1 Å². The number of carbonyl (C=O) groups is 1. The van der Waals surface area contributed by atoms with Gasteiger partial charge in [-0.3, -0.25) is 4.79 Å². The standard InChI is InChI=1S/C21H29N5O3S/c1-16-4-6-19(17(2)14-16)30(28,29)23-9-8-21(27)24-18-5-7-20(22-15-18)26-12-10-25(3)11-13-26/h4-7,14-15,23H,8-13H2,1-3H3,(H,24,27). The smallest absolute Gasteiger partial charge is 0.240 e. The van der Waals surface area contributed by atoms with Gasteiger partial charge in [0, 0.05) is 39.1 Å². The lowest BCUT2D eigenvalue weighted by Crippen LogP contribution is -2.44. The Kier molecular flexibility index (Phi) is 7.06. The molecule has 0 bridgehead atoms. The van der Waals surface area contributed by atoms with Gasteiger partial charge in [-0.1, -0.05) is 17.7 Å². The number of amides is 1. The highest BCUT2D eigenvalue weighted by Crippen LogP contribution is 2.17. The van der Waals surface area contributed by atoms with E-state index in [2.05, 4.69) is 31.9 Å². The second-order valence-corrected chi connectivity index (χ2v) is 9.40. The van der Waals surface area contributed by atoms with Crippen LogP contribution in [-0.4, -0.2) is 64.0 Å². The van der Waals surface area contributed by atoms with E-state index in [4.69, 9.17) is 0 Å². The predicted octanol–water partition coefficient (Wildman–Crippen LogP) is 1.76. The Morgan fingerprint density at radius 2 is 1.83 bits per heavy atom. The van der Waals surface area contributed by atoms with Crippen molar-refractivity contribution in [3.63, 3.8) is 0 Å². The summed E-state index contributed by atoms with van der Waals surface area (Å²) in [7, 11) is -1.55. The Morgan fingerprint density at radius 1 is 1.10 bits per heavy atom. The quantitative estimate of drug-likeness (QED) is 0.694. The minimum absolute atomic E-state index is 0.0221. The third-order valence-electron chi connectivity index (χ3n) is 5.12. The van der Waals surface area contributed by atoms with Crippen LogP contribution in [0.15, 0.2) is 41.4 Å². The summed E-state index contributed by atoms with van der Waals surface area (Å²) in [4.78, 5) is 21.3. The molecule has 0 atom stereocenters. The molecule has 2 N–H and O–H groups in total. The summed E-state index contributed by atoms with van der Waals surface area (Å²) in [6.07, 6.45) is 1.66. The molecule has 1 aromatic heterocycles. The minimum atomic E-state index is -3.65. The second kappa shape index (κ2) is 9.55. The summed E-state index contributed by atoms with van der Waals surface area (Å²) < 4.78 is 27.4. The molecule has 30 heavy (non-hydrogen) atoms. The molecule has 1 aliphatic rings. The number of hydrogen-bond acceptors (Lipinski definition) is 6. The van der Waals surface area contributed by atoms with Crippen LogP contribution in [0.1, 0.15) is 17.5 Å². The number of rotatable bonds is 7. The van der Waals surface area contributed by atoms with Gasteiger partial charge in [0.25, 0.3) is 0 Å². The topological polar surface area (TPSA) is 94.6 Å². The average molecular weight is 432 g/mol. The van der Waals surface area contributed by atoms with Gasteiger partial charge in [0.1, 0.15) is 5.82 Å². The fraction of sp³-hybridized carbons (Fsp3) is 0.429. The van der Waals surface area contributed by atoms with Gasteiger partial charge in [0.05, 0.1) is 16.8 Å². The number of nitrogens with one attached hydrogen (secondary N) is 2. The van der Waals surface area contributed by atoms with E-state index in [1.165, 1.54) is 0 Å². The van der Waals surface area contributed by atoms with Crippen LogP contribution in [0.25, 0.3) is 0 Å². The van der Waals surface area contributed by atoms with Crippen molar-refractivity contribution < 1.29 is 13.2 Å². The molecule has 0 aliphatic carbocycles. The first-order valence-corrected chi connectivity index (χ1v) is 11.5. The van der Waals surface area contributed by atoms with Gasteiger partial charge in [0.15, 0.2) is 0 Å². The number of likely N-dealkylation sites (N-methyl/N-ethyl adjacent to an activating group) is 1. The Bertz CT molecular complexity index is 984. The first-order chi connectivity index (χ1) is 14.2. The van der Waals surface area contributed by atoms with Crippen LogP contribution in [0.5, 0.6) is 0 Å². The maximum Gasteiger partial charge on any atom is 0.240 e. The monoisotopic (exact) mass is 431 g/mol. The number of benzene rings is 1. The molecule has 162 valence electrons. The molecule has 3 rings (SSSR count). The number of carbonyl (C=O) groups excluding carboxylic acids is 1. The lowest BCUT2D eigenvalue weighted by Gasteiger charge is -2.33. The number of hydrogen-bond donors (Lipinski definition) is 2. The van der Waals surface area contributed by atoms with Crippen molar-refractivity contribution >= 4 is 27.4 Å². The van der Waals surface area contributed by atoms with E-state index in [0.29, 0.717) is 11.3 Å². The van der Waals surface area contributed by atoms with Crippen molar-refractivity contribution in [2.45, 2.75) is 25.2 Å². The van der Waals surface area contributed by atoms with Crippen LogP contribution < -0.4 is 14.9 Å². The first-order valence-electron chi connectivity index (χ1n) is 10.0. The summed E-state index contributed by atoms with van der Waals surface area (Å²) in [5.74, 6) is 0.620. The summed E-state index contributed by atoms with van der Waals surface area (Å²) in [6, 6.07) is 8.87. The van der Waals surface area contributed by atoms with Crippen LogP contribution in [0.3, 0.4) is 0 Å². The molecule has 2 heterocycles. The molecule has 0 radical (unpaired) electrons. The summed E-state index contributed by atoms with van der Waals surface area (Å²) >= 11 is 0. The van der Waals surface area contributed by atoms with E-state index in [-0.39, 0.29) is 23.8 Å². The normalized spacial score (nSPS) is 15.2. The highest BCUT2D eigenvalue weighted by atomic mass is 32.2. The Morgan fingerprint density at radius 3 is 2.47 bits per heavy atom. The minimum Gasteiger partial charge on any atom is -0.354 e. The molecule has 9 heteroatoms. The number of piperazine rings is 1.